The van der Waals surface area contributed by atoms with E-state index in [2.05, 4.69) is 15.3 Å². The SMILES string of the molecule is COC(c1cn(-c2ncn3c4ccccc4c(=O)n(C)c23)nn1)C1CC1. The van der Waals surface area contributed by atoms with Crippen LogP contribution in [-0.2, 0) is 11.8 Å². The van der Waals surface area contributed by atoms with Gasteiger partial charge in [0.15, 0.2) is 11.5 Å². The first kappa shape index (κ1) is 15.3. The fourth-order valence-electron chi connectivity index (χ4n) is 3.59. The molecule has 132 valence electrons. The Morgan fingerprint density at radius 2 is 2.08 bits per heavy atom. The van der Waals surface area contributed by atoms with Gasteiger partial charge in [0.05, 0.1) is 17.1 Å². The molecular weight excluding hydrogens is 332 g/mol. The smallest absolute Gasteiger partial charge is 0.261 e. The van der Waals surface area contributed by atoms with E-state index in [9.17, 15) is 4.79 Å². The summed E-state index contributed by atoms with van der Waals surface area (Å²) in [4.78, 5) is 17.2. The second-order valence-electron chi connectivity index (χ2n) is 6.72. The van der Waals surface area contributed by atoms with E-state index in [1.807, 2.05) is 34.9 Å². The number of ether oxygens (including phenoxy) is 1. The Hall–Kier alpha value is -3.00. The standard InChI is InChI=1S/C18H18N6O2/c1-22-17-16(24-9-13(20-21-24)15(26-2)11-7-8-11)19-10-23(17)14-6-4-3-5-12(14)18(22)25/h3-6,9-11,15H,7-8H2,1-2H3. The van der Waals surface area contributed by atoms with Gasteiger partial charge in [-0.15, -0.1) is 5.10 Å². The molecule has 0 amide bonds. The number of nitrogens with zero attached hydrogens (tertiary/aromatic N) is 6. The fraction of sp³-hybridized carbons (Fsp3) is 0.333. The van der Waals surface area contributed by atoms with Crippen molar-refractivity contribution in [1.82, 2.24) is 28.9 Å². The van der Waals surface area contributed by atoms with E-state index < -0.39 is 0 Å². The predicted octanol–water partition coefficient (Wildman–Crippen LogP) is 1.86. The van der Waals surface area contributed by atoms with Gasteiger partial charge in [0.25, 0.3) is 5.56 Å². The highest BCUT2D eigenvalue weighted by molar-refractivity contribution is 5.82. The Morgan fingerprint density at radius 3 is 2.85 bits per heavy atom. The maximum absolute atomic E-state index is 12.7. The molecule has 1 aliphatic carbocycles. The zero-order chi connectivity index (χ0) is 17.8. The molecule has 4 aromatic rings. The third-order valence-electron chi connectivity index (χ3n) is 5.06. The summed E-state index contributed by atoms with van der Waals surface area (Å²) in [7, 11) is 3.44. The summed E-state index contributed by atoms with van der Waals surface area (Å²) in [5.41, 5.74) is 2.22. The molecule has 8 nitrogen and oxygen atoms in total. The second-order valence-corrected chi connectivity index (χ2v) is 6.72. The molecule has 3 aromatic heterocycles. The lowest BCUT2D eigenvalue weighted by molar-refractivity contribution is 0.0810. The Kier molecular flexibility index (Phi) is 3.23. The number of aryl methyl sites for hydroxylation is 1. The molecule has 1 fully saturated rings. The normalized spacial score (nSPS) is 15.8. The fourth-order valence-corrected chi connectivity index (χ4v) is 3.59. The highest BCUT2D eigenvalue weighted by Gasteiger charge is 2.34. The van der Waals surface area contributed by atoms with Crippen molar-refractivity contribution < 1.29 is 4.74 Å². The first-order chi connectivity index (χ1) is 12.7. The highest BCUT2D eigenvalue weighted by Crippen LogP contribution is 2.42. The Balaban J connectivity index is 1.71. The van der Waals surface area contributed by atoms with Gasteiger partial charge in [0.2, 0.25) is 0 Å². The van der Waals surface area contributed by atoms with E-state index in [1.54, 1.807) is 29.7 Å². The summed E-state index contributed by atoms with van der Waals surface area (Å²) in [5.74, 6) is 1.08. The third kappa shape index (κ3) is 2.12. The van der Waals surface area contributed by atoms with Crippen LogP contribution >= 0.6 is 0 Å². The number of hydrogen-bond acceptors (Lipinski definition) is 5. The lowest BCUT2D eigenvalue weighted by Gasteiger charge is -2.10. The molecule has 0 bridgehead atoms. The van der Waals surface area contributed by atoms with Gasteiger partial charge in [-0.05, 0) is 30.9 Å². The second kappa shape index (κ2) is 5.50. The van der Waals surface area contributed by atoms with Crippen molar-refractivity contribution in [2.24, 2.45) is 13.0 Å². The van der Waals surface area contributed by atoms with Crippen LogP contribution in [0.2, 0.25) is 0 Å². The van der Waals surface area contributed by atoms with Crippen molar-refractivity contribution in [2.45, 2.75) is 18.9 Å². The quantitative estimate of drug-likeness (QED) is 0.561. The van der Waals surface area contributed by atoms with E-state index in [0.717, 1.165) is 24.1 Å². The first-order valence-corrected chi connectivity index (χ1v) is 8.59. The summed E-state index contributed by atoms with van der Waals surface area (Å²) < 4.78 is 10.7. The van der Waals surface area contributed by atoms with E-state index in [0.29, 0.717) is 22.8 Å². The van der Waals surface area contributed by atoms with Crippen LogP contribution in [0, 0.1) is 5.92 Å². The molecule has 1 aromatic carbocycles. The molecule has 0 N–H and O–H groups in total. The van der Waals surface area contributed by atoms with Crippen LogP contribution < -0.4 is 5.56 Å². The van der Waals surface area contributed by atoms with Crippen LogP contribution in [0.1, 0.15) is 24.6 Å². The number of hydrogen-bond donors (Lipinski definition) is 0. The minimum atomic E-state index is -0.0667. The molecule has 0 saturated heterocycles. The molecular formula is C18H18N6O2. The van der Waals surface area contributed by atoms with E-state index in [1.165, 1.54) is 0 Å². The molecule has 1 unspecified atom stereocenters. The lowest BCUT2D eigenvalue weighted by atomic mass is 10.2. The molecule has 3 heterocycles. The summed E-state index contributed by atoms with van der Waals surface area (Å²) in [6.07, 6.45) is 5.82. The van der Waals surface area contributed by atoms with E-state index in [-0.39, 0.29) is 11.7 Å². The number of imidazole rings is 1. The van der Waals surface area contributed by atoms with Crippen LogP contribution in [0.15, 0.2) is 41.6 Å². The Labute approximate surface area is 148 Å². The van der Waals surface area contributed by atoms with E-state index >= 15 is 0 Å². The number of methoxy groups -OCH3 is 1. The minimum Gasteiger partial charge on any atom is -0.375 e. The Morgan fingerprint density at radius 1 is 1.27 bits per heavy atom. The minimum absolute atomic E-state index is 0.0396. The zero-order valence-corrected chi connectivity index (χ0v) is 14.5. The number of para-hydroxylation sites is 1. The molecule has 0 aliphatic heterocycles. The zero-order valence-electron chi connectivity index (χ0n) is 14.5. The van der Waals surface area contributed by atoms with Crippen LogP contribution in [0.3, 0.4) is 0 Å². The monoisotopic (exact) mass is 350 g/mol. The molecule has 1 saturated carbocycles. The lowest BCUT2D eigenvalue weighted by Crippen LogP contribution is -2.20. The van der Waals surface area contributed by atoms with E-state index in [4.69, 9.17) is 4.74 Å². The van der Waals surface area contributed by atoms with Crippen molar-refractivity contribution in [3.05, 3.63) is 52.8 Å². The third-order valence-corrected chi connectivity index (χ3v) is 5.06. The predicted molar refractivity (Wildman–Crippen MR) is 95.3 cm³/mol. The van der Waals surface area contributed by atoms with Crippen LogP contribution in [0.25, 0.3) is 22.4 Å². The molecule has 0 radical (unpaired) electrons. The van der Waals surface area contributed by atoms with Gasteiger partial charge in [-0.2, -0.15) is 4.68 Å². The van der Waals surface area contributed by atoms with Gasteiger partial charge < -0.3 is 4.74 Å². The van der Waals surface area contributed by atoms with Crippen LogP contribution in [0.5, 0.6) is 0 Å². The molecule has 1 atom stereocenters. The summed E-state index contributed by atoms with van der Waals surface area (Å²) in [5, 5.41) is 9.16. The van der Waals surface area contributed by atoms with Gasteiger partial charge >= 0.3 is 0 Å². The van der Waals surface area contributed by atoms with Crippen LogP contribution in [0.4, 0.5) is 0 Å². The summed E-state index contributed by atoms with van der Waals surface area (Å²) in [6, 6.07) is 7.51. The highest BCUT2D eigenvalue weighted by atomic mass is 16.5. The molecule has 8 heteroatoms. The van der Waals surface area contributed by atoms with Crippen molar-refractivity contribution in [2.75, 3.05) is 7.11 Å². The molecule has 1 aliphatic rings. The average molecular weight is 350 g/mol. The van der Waals surface area contributed by atoms with Crippen molar-refractivity contribution >= 4 is 16.6 Å². The maximum atomic E-state index is 12.7. The summed E-state index contributed by atoms with van der Waals surface area (Å²) in [6.45, 7) is 0. The molecule has 5 rings (SSSR count). The largest absolute Gasteiger partial charge is 0.375 e. The van der Waals surface area contributed by atoms with Crippen molar-refractivity contribution in [1.29, 1.82) is 0 Å². The Bertz CT molecular complexity index is 1180. The number of aromatic nitrogens is 6. The topological polar surface area (TPSA) is 79.2 Å². The number of rotatable bonds is 4. The van der Waals surface area contributed by atoms with Gasteiger partial charge in [-0.1, -0.05) is 17.3 Å². The van der Waals surface area contributed by atoms with Crippen LogP contribution in [-0.4, -0.2) is 36.1 Å². The maximum Gasteiger partial charge on any atom is 0.261 e. The summed E-state index contributed by atoms with van der Waals surface area (Å²) >= 11 is 0. The van der Waals surface area contributed by atoms with Gasteiger partial charge in [0.1, 0.15) is 18.1 Å². The van der Waals surface area contributed by atoms with Crippen molar-refractivity contribution in [3.8, 4) is 5.82 Å². The van der Waals surface area contributed by atoms with Gasteiger partial charge in [-0.3, -0.25) is 13.8 Å². The molecule has 26 heavy (non-hydrogen) atoms. The first-order valence-electron chi connectivity index (χ1n) is 8.59. The number of benzene rings is 1. The average Bonchev–Trinajstić information content (AvgIpc) is 3.20. The van der Waals surface area contributed by atoms with Gasteiger partial charge in [0, 0.05) is 14.2 Å². The number of fused-ring (bicyclic) bond motifs is 3. The van der Waals surface area contributed by atoms with Gasteiger partial charge in [-0.25, -0.2) is 4.98 Å². The van der Waals surface area contributed by atoms with Crippen molar-refractivity contribution in [3.63, 3.8) is 0 Å². The molecule has 0 spiro atoms.